The normalized spacial score (nSPS) is 10.0. The summed E-state index contributed by atoms with van der Waals surface area (Å²) in [6.45, 7) is 2.89. The fourth-order valence-corrected chi connectivity index (χ4v) is 1.25. The van der Waals surface area contributed by atoms with E-state index in [0.29, 0.717) is 10.6 Å². The van der Waals surface area contributed by atoms with Crippen molar-refractivity contribution >= 4 is 17.4 Å². The molecule has 0 aliphatic heterocycles. The van der Waals surface area contributed by atoms with Crippen LogP contribution in [-0.4, -0.2) is 5.78 Å². The van der Waals surface area contributed by atoms with Crippen LogP contribution in [0.5, 0.6) is 0 Å². The maximum absolute atomic E-state index is 13.2. The van der Waals surface area contributed by atoms with Crippen molar-refractivity contribution in [2.75, 3.05) is 0 Å². The average Bonchev–Trinajstić information content (AvgIpc) is 1.96. The van der Waals surface area contributed by atoms with Crippen molar-refractivity contribution in [3.05, 3.63) is 34.1 Å². The number of aryl methyl sites for hydroxylation is 1. The Balaban J connectivity index is 3.37. The number of Topliss-reactive ketones (excluding diaryl/α,β-unsaturated/α-hetero) is 1. The minimum atomic E-state index is -0.480. The number of carbonyl (C=O) groups excluding carboxylic acids is 1. The van der Waals surface area contributed by atoms with E-state index >= 15 is 0 Å². The highest BCUT2D eigenvalue weighted by molar-refractivity contribution is 6.31. The first kappa shape index (κ1) is 9.20. The number of hydrogen-bond acceptors (Lipinski definition) is 1. The van der Waals surface area contributed by atoms with Gasteiger partial charge in [-0.15, -0.1) is 0 Å². The number of rotatable bonds is 1. The Kier molecular flexibility index (Phi) is 2.48. The second-order valence-corrected chi connectivity index (χ2v) is 3.08. The average molecular weight is 187 g/mol. The molecule has 0 saturated carbocycles. The van der Waals surface area contributed by atoms with Crippen LogP contribution in [0, 0.1) is 12.7 Å². The predicted octanol–water partition coefficient (Wildman–Crippen LogP) is 2.99. The molecule has 0 atom stereocenters. The van der Waals surface area contributed by atoms with E-state index in [0.717, 1.165) is 0 Å². The zero-order valence-corrected chi connectivity index (χ0v) is 7.57. The van der Waals surface area contributed by atoms with Crippen LogP contribution in [0.4, 0.5) is 4.39 Å². The third kappa shape index (κ3) is 1.64. The topological polar surface area (TPSA) is 17.1 Å². The van der Waals surface area contributed by atoms with E-state index in [1.807, 2.05) is 0 Å². The molecule has 0 aliphatic rings. The highest BCUT2D eigenvalue weighted by Gasteiger charge is 2.10. The minimum absolute atomic E-state index is 0.0556. The summed E-state index contributed by atoms with van der Waals surface area (Å²) in [5.74, 6) is -0.787. The number of hydrogen-bond donors (Lipinski definition) is 0. The Morgan fingerprint density at radius 1 is 1.50 bits per heavy atom. The smallest absolute Gasteiger partial charge is 0.162 e. The Labute approximate surface area is 75.2 Å². The number of halogens is 2. The van der Waals surface area contributed by atoms with Crippen LogP contribution in [0.2, 0.25) is 5.02 Å². The molecule has 0 N–H and O–H groups in total. The number of benzene rings is 1. The summed E-state index contributed by atoms with van der Waals surface area (Å²) in [5.41, 5.74) is 0.452. The molecule has 0 radical (unpaired) electrons. The first-order valence-electron chi connectivity index (χ1n) is 3.49. The fraction of sp³-hybridized carbons (Fsp3) is 0.222. The summed E-state index contributed by atoms with van der Waals surface area (Å²) >= 11 is 5.65. The summed E-state index contributed by atoms with van der Waals surface area (Å²) in [5, 5.41) is 0.388. The summed E-state index contributed by atoms with van der Waals surface area (Å²) < 4.78 is 13.2. The Hall–Kier alpha value is -0.890. The number of carbonyl (C=O) groups is 1. The van der Waals surface area contributed by atoms with Gasteiger partial charge in [-0.25, -0.2) is 4.39 Å². The molecule has 12 heavy (non-hydrogen) atoms. The minimum Gasteiger partial charge on any atom is -0.294 e. The second kappa shape index (κ2) is 3.23. The van der Waals surface area contributed by atoms with E-state index in [2.05, 4.69) is 0 Å². The Bertz CT molecular complexity index is 334. The summed E-state index contributed by atoms with van der Waals surface area (Å²) in [4.78, 5) is 10.9. The Morgan fingerprint density at radius 3 is 2.58 bits per heavy atom. The molecule has 3 heteroatoms. The van der Waals surface area contributed by atoms with Crippen LogP contribution in [0.25, 0.3) is 0 Å². The van der Waals surface area contributed by atoms with E-state index in [1.165, 1.54) is 19.1 Å². The largest absolute Gasteiger partial charge is 0.294 e. The van der Waals surface area contributed by atoms with E-state index in [-0.39, 0.29) is 11.3 Å². The molecule has 0 unspecified atom stereocenters. The van der Waals surface area contributed by atoms with Crippen LogP contribution in [0.15, 0.2) is 12.1 Å². The molecule has 0 saturated heterocycles. The van der Waals surface area contributed by atoms with Gasteiger partial charge in [0.15, 0.2) is 5.78 Å². The molecule has 1 aromatic carbocycles. The van der Waals surface area contributed by atoms with Crippen molar-refractivity contribution in [1.29, 1.82) is 0 Å². The highest BCUT2D eigenvalue weighted by atomic mass is 35.5. The van der Waals surface area contributed by atoms with E-state index in [1.54, 1.807) is 6.92 Å². The lowest BCUT2D eigenvalue weighted by Gasteiger charge is -2.02. The molecule has 1 aromatic rings. The van der Waals surface area contributed by atoms with E-state index < -0.39 is 5.82 Å². The molecule has 0 aromatic heterocycles. The molecule has 0 aliphatic carbocycles. The van der Waals surface area contributed by atoms with Crippen molar-refractivity contribution in [2.24, 2.45) is 0 Å². The lowest BCUT2D eigenvalue weighted by Crippen LogP contribution is -1.98. The Morgan fingerprint density at radius 2 is 2.08 bits per heavy atom. The molecule has 0 spiro atoms. The van der Waals surface area contributed by atoms with Gasteiger partial charge >= 0.3 is 0 Å². The van der Waals surface area contributed by atoms with Crippen molar-refractivity contribution < 1.29 is 9.18 Å². The van der Waals surface area contributed by atoms with Gasteiger partial charge in [0, 0.05) is 5.02 Å². The van der Waals surface area contributed by atoms with E-state index in [9.17, 15) is 9.18 Å². The van der Waals surface area contributed by atoms with Gasteiger partial charge in [0.05, 0.1) is 5.56 Å². The van der Waals surface area contributed by atoms with Gasteiger partial charge < -0.3 is 0 Å². The number of ketones is 1. The molecule has 0 heterocycles. The third-order valence-electron chi connectivity index (χ3n) is 1.60. The fourth-order valence-electron chi connectivity index (χ4n) is 0.982. The molecular formula is C9H8ClFO. The van der Waals surface area contributed by atoms with Crippen LogP contribution in [0.1, 0.15) is 22.8 Å². The quantitative estimate of drug-likeness (QED) is 0.617. The van der Waals surface area contributed by atoms with Gasteiger partial charge in [0.2, 0.25) is 0 Å². The standard InChI is InChI=1S/C9H8ClFO/c1-5-3-7(10)4-8(6(2)12)9(5)11/h3-4H,1-2H3. The zero-order valence-electron chi connectivity index (χ0n) is 6.82. The second-order valence-electron chi connectivity index (χ2n) is 2.64. The van der Waals surface area contributed by atoms with Crippen molar-refractivity contribution in [1.82, 2.24) is 0 Å². The molecule has 0 fully saturated rings. The molecule has 1 nitrogen and oxygen atoms in total. The van der Waals surface area contributed by atoms with Crippen LogP contribution >= 0.6 is 11.6 Å². The maximum Gasteiger partial charge on any atom is 0.162 e. The summed E-state index contributed by atoms with van der Waals surface area (Å²) in [6, 6.07) is 2.83. The monoisotopic (exact) mass is 186 g/mol. The van der Waals surface area contributed by atoms with Crippen molar-refractivity contribution in [2.45, 2.75) is 13.8 Å². The summed E-state index contributed by atoms with van der Waals surface area (Å²) in [7, 11) is 0. The molecule has 0 amide bonds. The van der Waals surface area contributed by atoms with E-state index in [4.69, 9.17) is 11.6 Å². The molecule has 1 rings (SSSR count). The van der Waals surface area contributed by atoms with Gasteiger partial charge in [-0.2, -0.15) is 0 Å². The SMILES string of the molecule is CC(=O)c1cc(Cl)cc(C)c1F. The van der Waals surface area contributed by atoms with Gasteiger partial charge in [-0.1, -0.05) is 11.6 Å². The van der Waals surface area contributed by atoms with Crippen LogP contribution in [0.3, 0.4) is 0 Å². The third-order valence-corrected chi connectivity index (χ3v) is 1.82. The summed E-state index contributed by atoms with van der Waals surface area (Å²) in [6.07, 6.45) is 0. The zero-order chi connectivity index (χ0) is 9.30. The molecule has 64 valence electrons. The molecule has 0 bridgehead atoms. The highest BCUT2D eigenvalue weighted by Crippen LogP contribution is 2.19. The first-order valence-corrected chi connectivity index (χ1v) is 3.86. The van der Waals surface area contributed by atoms with Crippen LogP contribution < -0.4 is 0 Å². The maximum atomic E-state index is 13.2. The lowest BCUT2D eigenvalue weighted by atomic mass is 10.1. The van der Waals surface area contributed by atoms with Gasteiger partial charge in [-0.3, -0.25) is 4.79 Å². The van der Waals surface area contributed by atoms with Crippen molar-refractivity contribution in [3.8, 4) is 0 Å². The van der Waals surface area contributed by atoms with Crippen molar-refractivity contribution in [3.63, 3.8) is 0 Å². The lowest BCUT2D eigenvalue weighted by molar-refractivity contribution is 0.101. The van der Waals surface area contributed by atoms with Gasteiger partial charge in [0.25, 0.3) is 0 Å². The van der Waals surface area contributed by atoms with Gasteiger partial charge in [0.1, 0.15) is 5.82 Å². The van der Waals surface area contributed by atoms with Crippen LogP contribution in [-0.2, 0) is 0 Å². The van der Waals surface area contributed by atoms with Gasteiger partial charge in [-0.05, 0) is 31.5 Å². The predicted molar refractivity (Wildman–Crippen MR) is 46.2 cm³/mol. The molecular weight excluding hydrogens is 179 g/mol. The first-order chi connectivity index (χ1) is 5.52.